The summed E-state index contributed by atoms with van der Waals surface area (Å²) in [5.41, 5.74) is 0.790. The number of carbonyl (C=O) groups is 1. The predicted molar refractivity (Wildman–Crippen MR) is 74.1 cm³/mol. The van der Waals surface area contributed by atoms with Gasteiger partial charge in [0, 0.05) is 10.2 Å². The second-order valence-electron chi connectivity index (χ2n) is 3.31. The number of carbonyl (C=O) groups excluding carboxylic acids is 1. The maximum Gasteiger partial charge on any atom is 0.275 e. The highest BCUT2D eigenvalue weighted by molar-refractivity contribution is 9.10. The highest BCUT2D eigenvalue weighted by Crippen LogP contribution is 2.25. The Morgan fingerprint density at radius 2 is 2.00 bits per heavy atom. The summed E-state index contributed by atoms with van der Waals surface area (Å²) >= 11 is 14.7. The van der Waals surface area contributed by atoms with Gasteiger partial charge in [0.1, 0.15) is 10.8 Å². The van der Waals surface area contributed by atoms with Crippen LogP contribution in [0.25, 0.3) is 0 Å². The predicted octanol–water partition coefficient (Wildman–Crippen LogP) is 3.80. The third-order valence-corrected chi connectivity index (χ3v) is 3.44. The largest absolute Gasteiger partial charge is 0.321 e. The lowest BCUT2D eigenvalue weighted by Crippen LogP contribution is -2.13. The number of nitrogens with zero attached hydrogens (tertiary/aromatic N) is 2. The number of halogens is 3. The van der Waals surface area contributed by atoms with Gasteiger partial charge in [0.2, 0.25) is 0 Å². The van der Waals surface area contributed by atoms with Gasteiger partial charge in [-0.15, -0.1) is 0 Å². The van der Waals surface area contributed by atoms with Gasteiger partial charge in [-0.05, 0) is 34.1 Å². The Morgan fingerprint density at radius 1 is 1.22 bits per heavy atom. The standard InChI is InChI=1S/C11H6BrCl2N3O/c12-7-3-6(1-2-8(7)13)17-11(18)9-4-16-10(14)5-15-9/h1-5H,(H,17,18). The molecule has 0 saturated heterocycles. The van der Waals surface area contributed by atoms with Crippen LogP contribution >= 0.6 is 39.1 Å². The molecule has 4 nitrogen and oxygen atoms in total. The summed E-state index contributed by atoms with van der Waals surface area (Å²) in [4.78, 5) is 19.5. The fourth-order valence-corrected chi connectivity index (χ4v) is 1.79. The zero-order chi connectivity index (χ0) is 13.1. The number of benzene rings is 1. The summed E-state index contributed by atoms with van der Waals surface area (Å²) in [6, 6.07) is 5.06. The van der Waals surface area contributed by atoms with Crippen molar-refractivity contribution in [3.05, 3.63) is 50.9 Å². The first-order valence-corrected chi connectivity index (χ1v) is 6.35. The number of amides is 1. The van der Waals surface area contributed by atoms with Crippen molar-refractivity contribution < 1.29 is 4.79 Å². The Morgan fingerprint density at radius 3 is 2.61 bits per heavy atom. The van der Waals surface area contributed by atoms with Crippen LogP contribution in [0.5, 0.6) is 0 Å². The first kappa shape index (κ1) is 13.3. The number of nitrogens with one attached hydrogen (secondary N) is 1. The Labute approximate surface area is 121 Å². The van der Waals surface area contributed by atoms with E-state index in [1.165, 1.54) is 12.4 Å². The monoisotopic (exact) mass is 345 g/mol. The van der Waals surface area contributed by atoms with E-state index in [-0.39, 0.29) is 16.8 Å². The molecule has 0 unspecified atom stereocenters. The number of rotatable bonds is 2. The number of anilines is 1. The molecular formula is C11H6BrCl2N3O. The summed E-state index contributed by atoms with van der Waals surface area (Å²) in [7, 11) is 0. The van der Waals surface area contributed by atoms with Crippen molar-refractivity contribution >= 4 is 50.7 Å². The lowest BCUT2D eigenvalue weighted by atomic mass is 10.3. The summed E-state index contributed by atoms with van der Waals surface area (Å²) in [5, 5.41) is 3.48. The van der Waals surface area contributed by atoms with E-state index in [0.717, 1.165) is 0 Å². The van der Waals surface area contributed by atoms with E-state index in [0.29, 0.717) is 15.2 Å². The van der Waals surface area contributed by atoms with E-state index in [4.69, 9.17) is 23.2 Å². The van der Waals surface area contributed by atoms with Gasteiger partial charge >= 0.3 is 0 Å². The molecule has 0 saturated carbocycles. The number of aromatic nitrogens is 2. The molecule has 0 spiro atoms. The van der Waals surface area contributed by atoms with Gasteiger partial charge in [-0.25, -0.2) is 9.97 Å². The average molecular weight is 347 g/mol. The number of hydrogen-bond donors (Lipinski definition) is 1. The van der Waals surface area contributed by atoms with E-state index in [2.05, 4.69) is 31.2 Å². The zero-order valence-corrected chi connectivity index (χ0v) is 11.9. The van der Waals surface area contributed by atoms with Gasteiger partial charge in [0.25, 0.3) is 5.91 Å². The Balaban J connectivity index is 2.16. The SMILES string of the molecule is O=C(Nc1ccc(Cl)c(Br)c1)c1cnc(Cl)cn1. The molecular weight excluding hydrogens is 341 g/mol. The van der Waals surface area contributed by atoms with Gasteiger partial charge in [0.15, 0.2) is 0 Å². The van der Waals surface area contributed by atoms with Crippen molar-refractivity contribution in [1.82, 2.24) is 9.97 Å². The molecule has 0 aliphatic heterocycles. The lowest BCUT2D eigenvalue weighted by Gasteiger charge is -2.05. The van der Waals surface area contributed by atoms with E-state index in [9.17, 15) is 4.79 Å². The van der Waals surface area contributed by atoms with Crippen LogP contribution < -0.4 is 5.32 Å². The van der Waals surface area contributed by atoms with Crippen molar-refractivity contribution in [3.63, 3.8) is 0 Å². The van der Waals surface area contributed by atoms with E-state index in [1.807, 2.05) is 0 Å². The van der Waals surface area contributed by atoms with Crippen molar-refractivity contribution in [2.45, 2.75) is 0 Å². The van der Waals surface area contributed by atoms with E-state index >= 15 is 0 Å². The van der Waals surface area contributed by atoms with Crippen LogP contribution in [0.2, 0.25) is 10.2 Å². The molecule has 0 atom stereocenters. The van der Waals surface area contributed by atoms with Crippen molar-refractivity contribution in [3.8, 4) is 0 Å². The van der Waals surface area contributed by atoms with Gasteiger partial charge in [-0.2, -0.15) is 0 Å². The van der Waals surface area contributed by atoms with Gasteiger partial charge < -0.3 is 5.32 Å². The maximum absolute atomic E-state index is 11.8. The Bertz CT molecular complexity index is 589. The van der Waals surface area contributed by atoms with Crippen LogP contribution in [-0.2, 0) is 0 Å². The minimum Gasteiger partial charge on any atom is -0.321 e. The first-order valence-electron chi connectivity index (χ1n) is 4.80. The van der Waals surface area contributed by atoms with E-state index < -0.39 is 0 Å². The molecule has 1 N–H and O–H groups in total. The van der Waals surface area contributed by atoms with Crippen LogP contribution in [0.4, 0.5) is 5.69 Å². The number of hydrogen-bond acceptors (Lipinski definition) is 3. The highest BCUT2D eigenvalue weighted by Gasteiger charge is 2.09. The Kier molecular flexibility index (Phi) is 4.16. The second-order valence-corrected chi connectivity index (χ2v) is 4.96. The summed E-state index contributed by atoms with van der Waals surface area (Å²) in [5.74, 6) is -0.367. The fraction of sp³-hybridized carbons (Fsp3) is 0. The average Bonchev–Trinajstić information content (AvgIpc) is 2.34. The minimum absolute atomic E-state index is 0.186. The van der Waals surface area contributed by atoms with Crippen LogP contribution in [0, 0.1) is 0 Å². The molecule has 1 heterocycles. The minimum atomic E-state index is -0.367. The van der Waals surface area contributed by atoms with Gasteiger partial charge in [0.05, 0.1) is 17.4 Å². The normalized spacial score (nSPS) is 10.2. The molecule has 0 aliphatic rings. The molecule has 92 valence electrons. The molecule has 0 radical (unpaired) electrons. The third-order valence-electron chi connectivity index (χ3n) is 2.03. The molecule has 1 aromatic carbocycles. The molecule has 1 amide bonds. The smallest absolute Gasteiger partial charge is 0.275 e. The maximum atomic E-state index is 11.8. The Hall–Kier alpha value is -1.17. The summed E-state index contributed by atoms with van der Waals surface area (Å²) in [6.45, 7) is 0. The zero-order valence-electron chi connectivity index (χ0n) is 8.82. The molecule has 2 aromatic rings. The third kappa shape index (κ3) is 3.19. The first-order chi connectivity index (χ1) is 8.56. The van der Waals surface area contributed by atoms with Crippen LogP contribution in [0.3, 0.4) is 0 Å². The molecule has 7 heteroatoms. The second kappa shape index (κ2) is 5.65. The molecule has 18 heavy (non-hydrogen) atoms. The van der Waals surface area contributed by atoms with Crippen LogP contribution in [0.15, 0.2) is 35.1 Å². The lowest BCUT2D eigenvalue weighted by molar-refractivity contribution is 0.102. The molecule has 0 aliphatic carbocycles. The van der Waals surface area contributed by atoms with Gasteiger partial charge in [-0.3, -0.25) is 4.79 Å². The molecule has 0 bridgehead atoms. The molecule has 0 fully saturated rings. The van der Waals surface area contributed by atoms with Crippen LogP contribution in [-0.4, -0.2) is 15.9 Å². The van der Waals surface area contributed by atoms with Crippen molar-refractivity contribution in [1.29, 1.82) is 0 Å². The highest BCUT2D eigenvalue weighted by atomic mass is 79.9. The molecule has 1 aromatic heterocycles. The van der Waals surface area contributed by atoms with Crippen molar-refractivity contribution in [2.24, 2.45) is 0 Å². The van der Waals surface area contributed by atoms with Gasteiger partial charge in [-0.1, -0.05) is 23.2 Å². The quantitative estimate of drug-likeness (QED) is 0.899. The van der Waals surface area contributed by atoms with Crippen molar-refractivity contribution in [2.75, 3.05) is 5.32 Å². The molecule has 2 rings (SSSR count). The summed E-state index contributed by atoms with van der Waals surface area (Å²) in [6.07, 6.45) is 2.62. The van der Waals surface area contributed by atoms with Crippen LogP contribution in [0.1, 0.15) is 10.5 Å². The topological polar surface area (TPSA) is 54.9 Å². The van der Waals surface area contributed by atoms with E-state index in [1.54, 1.807) is 18.2 Å². The summed E-state index contributed by atoms with van der Waals surface area (Å²) < 4.78 is 0.698. The fourth-order valence-electron chi connectivity index (χ4n) is 1.20.